The van der Waals surface area contributed by atoms with Crippen molar-refractivity contribution in [2.45, 2.75) is 43.0 Å². The van der Waals surface area contributed by atoms with E-state index in [1.165, 1.54) is 6.92 Å². The zero-order chi connectivity index (χ0) is 23.5. The fourth-order valence-electron chi connectivity index (χ4n) is 2.76. The van der Waals surface area contributed by atoms with Gasteiger partial charge in [0.05, 0.1) is 16.9 Å². The average Bonchev–Trinajstić information content (AvgIpc) is 2.79. The van der Waals surface area contributed by atoms with E-state index in [1.807, 2.05) is 6.07 Å². The molecule has 0 heterocycles. The summed E-state index contributed by atoms with van der Waals surface area (Å²) >= 11 is 0. The largest absolute Gasteiger partial charge is 0.445 e. The SMILES string of the molecule is C[C@@H](O)[C@H](NC(=O)OCc1ccccc1)C(=O)N[C@H](CC[S@@](=O)c1ccccc1)C(N)=O. The van der Waals surface area contributed by atoms with Crippen molar-refractivity contribution >= 4 is 28.7 Å². The van der Waals surface area contributed by atoms with E-state index in [0.29, 0.717) is 4.90 Å². The zero-order valence-electron chi connectivity index (χ0n) is 17.6. The van der Waals surface area contributed by atoms with E-state index < -0.39 is 46.9 Å². The standard InChI is InChI=1S/C22H27N3O6S/c1-15(26)19(25-22(29)31-14-16-8-4-2-5-9-16)21(28)24-18(20(23)27)12-13-32(30)17-10-6-3-7-11-17/h2-11,15,18-19,26H,12-14H2,1H3,(H2,23,27)(H,24,28)(H,25,29)/t15-,18-,19+,32-/m1/s1. The molecule has 3 amide bonds. The molecule has 0 radical (unpaired) electrons. The van der Waals surface area contributed by atoms with Crippen LogP contribution in [0.4, 0.5) is 4.79 Å². The molecule has 0 spiro atoms. The van der Waals surface area contributed by atoms with Gasteiger partial charge in [0.1, 0.15) is 18.7 Å². The van der Waals surface area contributed by atoms with Crippen LogP contribution >= 0.6 is 0 Å². The fourth-order valence-corrected chi connectivity index (χ4v) is 3.91. The number of nitrogens with two attached hydrogens (primary N) is 1. The van der Waals surface area contributed by atoms with Gasteiger partial charge < -0.3 is 26.2 Å². The number of alkyl carbamates (subject to hydrolysis) is 1. The Hall–Kier alpha value is -3.24. The highest BCUT2D eigenvalue weighted by molar-refractivity contribution is 7.85. The van der Waals surface area contributed by atoms with Crippen LogP contribution in [0.25, 0.3) is 0 Å². The van der Waals surface area contributed by atoms with Gasteiger partial charge in [0.15, 0.2) is 0 Å². The lowest BCUT2D eigenvalue weighted by Gasteiger charge is -2.23. The summed E-state index contributed by atoms with van der Waals surface area (Å²) in [6, 6.07) is 15.1. The highest BCUT2D eigenvalue weighted by Crippen LogP contribution is 2.08. The maximum absolute atomic E-state index is 12.6. The van der Waals surface area contributed by atoms with Gasteiger partial charge in [-0.2, -0.15) is 0 Å². The van der Waals surface area contributed by atoms with Crippen LogP contribution in [0.3, 0.4) is 0 Å². The number of benzene rings is 2. The van der Waals surface area contributed by atoms with Crippen molar-refractivity contribution in [3.05, 3.63) is 66.2 Å². The molecule has 0 aliphatic carbocycles. The first-order valence-corrected chi connectivity index (χ1v) is 11.3. The lowest BCUT2D eigenvalue weighted by Crippen LogP contribution is -2.56. The number of aliphatic hydroxyl groups is 1. The number of hydrogen-bond donors (Lipinski definition) is 4. The van der Waals surface area contributed by atoms with Crippen LogP contribution in [0, 0.1) is 0 Å². The van der Waals surface area contributed by atoms with Crippen molar-refractivity contribution < 1.29 is 28.4 Å². The second-order valence-electron chi connectivity index (χ2n) is 7.04. The van der Waals surface area contributed by atoms with Crippen LogP contribution in [-0.2, 0) is 31.7 Å². The minimum absolute atomic E-state index is 0.0178. The minimum atomic E-state index is -1.38. The van der Waals surface area contributed by atoms with E-state index in [-0.39, 0.29) is 18.8 Å². The summed E-state index contributed by atoms with van der Waals surface area (Å²) in [6.45, 7) is 1.29. The topological polar surface area (TPSA) is 148 Å². The third-order valence-corrected chi connectivity index (χ3v) is 5.91. The Morgan fingerprint density at radius 1 is 1.03 bits per heavy atom. The summed E-state index contributed by atoms with van der Waals surface area (Å²) in [7, 11) is -1.38. The maximum atomic E-state index is 12.6. The monoisotopic (exact) mass is 461 g/mol. The number of ether oxygens (including phenoxy) is 1. The second kappa shape index (κ2) is 12.6. The Bertz CT molecular complexity index is 924. The summed E-state index contributed by atoms with van der Waals surface area (Å²) in [4.78, 5) is 37.1. The summed E-state index contributed by atoms with van der Waals surface area (Å²) in [5.74, 6) is -1.55. The average molecular weight is 462 g/mol. The molecule has 4 atom stereocenters. The quantitative estimate of drug-likeness (QED) is 0.390. The molecule has 0 aliphatic rings. The molecule has 2 aromatic carbocycles. The van der Waals surface area contributed by atoms with E-state index in [2.05, 4.69) is 10.6 Å². The van der Waals surface area contributed by atoms with Gasteiger partial charge in [0.2, 0.25) is 11.8 Å². The van der Waals surface area contributed by atoms with Crippen LogP contribution in [0.5, 0.6) is 0 Å². The number of rotatable bonds is 11. The third kappa shape index (κ3) is 8.12. The molecular weight excluding hydrogens is 434 g/mol. The minimum Gasteiger partial charge on any atom is -0.445 e. The molecule has 0 bridgehead atoms. The predicted octanol–water partition coefficient (Wildman–Crippen LogP) is 0.830. The van der Waals surface area contributed by atoms with Crippen molar-refractivity contribution in [2.75, 3.05) is 5.75 Å². The van der Waals surface area contributed by atoms with Gasteiger partial charge in [0, 0.05) is 10.6 Å². The molecule has 0 saturated heterocycles. The Kier molecular flexibility index (Phi) is 9.83. The van der Waals surface area contributed by atoms with Crippen LogP contribution in [0.15, 0.2) is 65.6 Å². The van der Waals surface area contributed by atoms with Gasteiger partial charge in [-0.3, -0.25) is 13.8 Å². The van der Waals surface area contributed by atoms with E-state index in [0.717, 1.165) is 5.56 Å². The molecule has 5 N–H and O–H groups in total. The van der Waals surface area contributed by atoms with E-state index in [1.54, 1.807) is 54.6 Å². The molecule has 0 fully saturated rings. The van der Waals surface area contributed by atoms with Gasteiger partial charge in [-0.15, -0.1) is 0 Å². The molecule has 0 aromatic heterocycles. The summed E-state index contributed by atoms with van der Waals surface area (Å²) in [6.07, 6.45) is -2.16. The van der Waals surface area contributed by atoms with E-state index in [4.69, 9.17) is 10.5 Å². The maximum Gasteiger partial charge on any atom is 0.408 e. The number of carbonyl (C=O) groups excluding carboxylic acids is 3. The Morgan fingerprint density at radius 3 is 2.19 bits per heavy atom. The first-order chi connectivity index (χ1) is 15.3. The predicted molar refractivity (Wildman–Crippen MR) is 119 cm³/mol. The molecule has 10 heteroatoms. The number of nitrogens with one attached hydrogen (secondary N) is 2. The fraction of sp³-hybridized carbons (Fsp3) is 0.318. The highest BCUT2D eigenvalue weighted by Gasteiger charge is 2.29. The molecule has 32 heavy (non-hydrogen) atoms. The summed E-state index contributed by atoms with van der Waals surface area (Å²) in [5, 5.41) is 14.6. The Balaban J connectivity index is 1.92. The van der Waals surface area contributed by atoms with Gasteiger partial charge in [-0.05, 0) is 31.0 Å². The van der Waals surface area contributed by atoms with Crippen molar-refractivity contribution in [1.82, 2.24) is 10.6 Å². The number of primary amides is 1. The molecule has 0 saturated carbocycles. The molecule has 2 aromatic rings. The number of carbonyl (C=O) groups is 3. The normalized spacial score (nSPS) is 14.4. The van der Waals surface area contributed by atoms with Gasteiger partial charge in [0.25, 0.3) is 0 Å². The Morgan fingerprint density at radius 2 is 1.62 bits per heavy atom. The van der Waals surface area contributed by atoms with Gasteiger partial charge in [-0.1, -0.05) is 48.5 Å². The molecule has 9 nitrogen and oxygen atoms in total. The number of hydrogen-bond acceptors (Lipinski definition) is 6. The lowest BCUT2D eigenvalue weighted by atomic mass is 10.1. The van der Waals surface area contributed by atoms with Gasteiger partial charge in [-0.25, -0.2) is 4.79 Å². The van der Waals surface area contributed by atoms with Crippen molar-refractivity contribution in [3.8, 4) is 0 Å². The Labute approximate surface area is 188 Å². The number of amides is 3. The third-order valence-electron chi connectivity index (χ3n) is 4.51. The first-order valence-electron chi connectivity index (χ1n) is 9.96. The molecule has 2 rings (SSSR count). The van der Waals surface area contributed by atoms with E-state index in [9.17, 15) is 23.7 Å². The highest BCUT2D eigenvalue weighted by atomic mass is 32.2. The smallest absolute Gasteiger partial charge is 0.408 e. The number of aliphatic hydroxyl groups excluding tert-OH is 1. The molecule has 0 unspecified atom stereocenters. The molecular formula is C22H27N3O6S. The van der Waals surface area contributed by atoms with Crippen LogP contribution < -0.4 is 16.4 Å². The lowest BCUT2D eigenvalue weighted by molar-refractivity contribution is -0.130. The van der Waals surface area contributed by atoms with Crippen molar-refractivity contribution in [3.63, 3.8) is 0 Å². The molecule has 172 valence electrons. The van der Waals surface area contributed by atoms with Crippen LogP contribution in [0.2, 0.25) is 0 Å². The van der Waals surface area contributed by atoms with Gasteiger partial charge >= 0.3 is 6.09 Å². The summed E-state index contributed by atoms with van der Waals surface area (Å²) in [5.41, 5.74) is 6.12. The second-order valence-corrected chi connectivity index (χ2v) is 8.61. The first kappa shape index (κ1) is 25.0. The van der Waals surface area contributed by atoms with Crippen molar-refractivity contribution in [2.24, 2.45) is 5.73 Å². The van der Waals surface area contributed by atoms with Crippen LogP contribution in [0.1, 0.15) is 18.9 Å². The van der Waals surface area contributed by atoms with Crippen LogP contribution in [-0.4, -0.2) is 51.2 Å². The molecule has 0 aliphatic heterocycles. The zero-order valence-corrected chi connectivity index (χ0v) is 18.4. The van der Waals surface area contributed by atoms with Crippen molar-refractivity contribution in [1.29, 1.82) is 0 Å². The van der Waals surface area contributed by atoms with E-state index >= 15 is 0 Å². The summed E-state index contributed by atoms with van der Waals surface area (Å²) < 4.78 is 17.4.